The standard InChI is InChI=1S/C32H27ClF3N3O5/c33-21-6-1-4-19(14-21)31(11-12-31)30-37-26-10-13-39(17-25(26)28(41)38-30)29(42)27(40)18-43-22-7-3-9-24(16-22)44-23-8-2-5-20(15-23)32(34,35)36/h1-9,14-16,27,40H,10-13,17-18H2,(H,37,38,41). The number of hydrogen-bond donors (Lipinski definition) is 2. The lowest BCUT2D eigenvalue weighted by Crippen LogP contribution is -2.46. The zero-order chi connectivity index (χ0) is 31.1. The largest absolute Gasteiger partial charge is 0.490 e. The van der Waals surface area contributed by atoms with Crippen LogP contribution in [0.15, 0.2) is 77.6 Å². The minimum absolute atomic E-state index is 0.00167. The lowest BCUT2D eigenvalue weighted by Gasteiger charge is -2.30. The highest BCUT2D eigenvalue weighted by atomic mass is 35.5. The summed E-state index contributed by atoms with van der Waals surface area (Å²) < 4.78 is 50.2. The van der Waals surface area contributed by atoms with E-state index in [1.165, 1.54) is 29.2 Å². The number of carbonyl (C=O) groups excluding carboxylic acids is 1. The Hall–Kier alpha value is -4.35. The van der Waals surface area contributed by atoms with Crippen molar-refractivity contribution in [2.45, 2.75) is 43.5 Å². The summed E-state index contributed by atoms with van der Waals surface area (Å²) in [6.07, 6.45) is -3.99. The first kappa shape index (κ1) is 29.7. The molecule has 1 atom stereocenters. The second-order valence-electron chi connectivity index (χ2n) is 10.9. The van der Waals surface area contributed by atoms with Gasteiger partial charge in [0, 0.05) is 24.1 Å². The van der Waals surface area contributed by atoms with Crippen molar-refractivity contribution < 1.29 is 32.5 Å². The van der Waals surface area contributed by atoms with Gasteiger partial charge in [0.2, 0.25) is 0 Å². The van der Waals surface area contributed by atoms with Crippen LogP contribution in [-0.4, -0.2) is 45.1 Å². The van der Waals surface area contributed by atoms with Crippen LogP contribution in [0.2, 0.25) is 5.02 Å². The van der Waals surface area contributed by atoms with Crippen LogP contribution in [0.5, 0.6) is 17.2 Å². The Morgan fingerprint density at radius 1 is 1.05 bits per heavy atom. The van der Waals surface area contributed by atoms with Gasteiger partial charge in [-0.1, -0.05) is 35.9 Å². The van der Waals surface area contributed by atoms with Crippen molar-refractivity contribution >= 4 is 17.5 Å². The van der Waals surface area contributed by atoms with Crippen molar-refractivity contribution in [1.82, 2.24) is 14.9 Å². The first-order valence-corrected chi connectivity index (χ1v) is 14.3. The van der Waals surface area contributed by atoms with Crippen molar-refractivity contribution in [1.29, 1.82) is 0 Å². The fraction of sp³-hybridized carbons (Fsp3) is 0.281. The molecular weight excluding hydrogens is 599 g/mol. The van der Waals surface area contributed by atoms with Gasteiger partial charge in [-0.15, -0.1) is 0 Å². The zero-order valence-electron chi connectivity index (χ0n) is 23.2. The Balaban J connectivity index is 1.08. The number of hydrogen-bond acceptors (Lipinski definition) is 6. The van der Waals surface area contributed by atoms with Crippen LogP contribution < -0.4 is 15.0 Å². The van der Waals surface area contributed by atoms with E-state index in [4.69, 9.17) is 26.1 Å². The molecule has 2 heterocycles. The molecule has 6 rings (SSSR count). The molecule has 1 fully saturated rings. The number of carbonyl (C=O) groups is 1. The quantitative estimate of drug-likeness (QED) is 0.263. The first-order chi connectivity index (χ1) is 21.0. The molecule has 1 aliphatic carbocycles. The van der Waals surface area contributed by atoms with E-state index >= 15 is 0 Å². The van der Waals surface area contributed by atoms with Crippen molar-refractivity contribution in [3.63, 3.8) is 0 Å². The number of fused-ring (bicyclic) bond motifs is 1. The number of alkyl halides is 3. The summed E-state index contributed by atoms with van der Waals surface area (Å²) >= 11 is 6.20. The van der Waals surface area contributed by atoms with Crippen molar-refractivity contribution in [2.75, 3.05) is 13.2 Å². The number of ether oxygens (including phenoxy) is 2. The third-order valence-corrected chi connectivity index (χ3v) is 8.09. The van der Waals surface area contributed by atoms with Gasteiger partial charge in [0.1, 0.15) is 29.7 Å². The highest BCUT2D eigenvalue weighted by molar-refractivity contribution is 6.30. The number of aliphatic hydroxyl groups is 1. The van der Waals surface area contributed by atoms with E-state index in [9.17, 15) is 27.9 Å². The molecule has 44 heavy (non-hydrogen) atoms. The van der Waals surface area contributed by atoms with Crippen LogP contribution in [0, 0.1) is 0 Å². The van der Waals surface area contributed by atoms with E-state index in [2.05, 4.69) is 4.98 Å². The summed E-state index contributed by atoms with van der Waals surface area (Å²) in [6, 6.07) is 18.1. The maximum absolute atomic E-state index is 13.1. The molecule has 1 unspecified atom stereocenters. The summed E-state index contributed by atoms with van der Waals surface area (Å²) in [5.74, 6) is 0.437. The Morgan fingerprint density at radius 3 is 2.48 bits per heavy atom. The molecule has 1 amide bonds. The van der Waals surface area contributed by atoms with Crippen molar-refractivity contribution in [2.24, 2.45) is 0 Å². The molecule has 0 bridgehead atoms. The van der Waals surface area contributed by atoms with Gasteiger partial charge in [0.15, 0.2) is 6.10 Å². The van der Waals surface area contributed by atoms with Gasteiger partial charge in [-0.2, -0.15) is 13.2 Å². The summed E-state index contributed by atoms with van der Waals surface area (Å²) in [5.41, 5.74) is 0.463. The summed E-state index contributed by atoms with van der Waals surface area (Å²) in [7, 11) is 0. The number of aromatic amines is 1. The fourth-order valence-corrected chi connectivity index (χ4v) is 5.56. The van der Waals surface area contributed by atoms with E-state index in [0.29, 0.717) is 28.5 Å². The monoisotopic (exact) mass is 625 g/mol. The van der Waals surface area contributed by atoms with Gasteiger partial charge < -0.3 is 24.5 Å². The van der Waals surface area contributed by atoms with Crippen LogP contribution in [0.4, 0.5) is 13.2 Å². The van der Waals surface area contributed by atoms with Gasteiger partial charge in [-0.05, 0) is 60.9 Å². The Bertz CT molecular complexity index is 1770. The number of amides is 1. The minimum Gasteiger partial charge on any atom is -0.490 e. The molecule has 1 saturated carbocycles. The molecule has 3 aromatic carbocycles. The second kappa shape index (κ2) is 11.6. The summed E-state index contributed by atoms with van der Waals surface area (Å²) in [6.45, 7) is -0.119. The number of benzene rings is 3. The molecule has 0 radical (unpaired) electrons. The lowest BCUT2D eigenvalue weighted by molar-refractivity contribution is -0.142. The molecule has 2 aliphatic rings. The summed E-state index contributed by atoms with van der Waals surface area (Å²) in [5, 5.41) is 11.2. The van der Waals surface area contributed by atoms with Gasteiger partial charge in [0.05, 0.1) is 28.8 Å². The molecular formula is C32H27ClF3N3O5. The van der Waals surface area contributed by atoms with E-state index in [0.717, 1.165) is 30.5 Å². The van der Waals surface area contributed by atoms with Crippen LogP contribution >= 0.6 is 11.6 Å². The lowest BCUT2D eigenvalue weighted by atomic mass is 9.94. The molecule has 4 aromatic rings. The topological polar surface area (TPSA) is 105 Å². The van der Waals surface area contributed by atoms with Crippen molar-refractivity contribution in [3.05, 3.63) is 116 Å². The number of nitrogens with one attached hydrogen (secondary N) is 1. The summed E-state index contributed by atoms with van der Waals surface area (Å²) in [4.78, 5) is 35.3. The van der Waals surface area contributed by atoms with Gasteiger partial charge in [-0.25, -0.2) is 4.98 Å². The maximum atomic E-state index is 13.1. The molecule has 228 valence electrons. The Labute approximate surface area is 255 Å². The van der Waals surface area contributed by atoms with E-state index in [1.54, 1.807) is 18.2 Å². The number of rotatable bonds is 8. The second-order valence-corrected chi connectivity index (χ2v) is 11.3. The van der Waals surface area contributed by atoms with Crippen LogP contribution in [0.1, 0.15) is 41.1 Å². The van der Waals surface area contributed by atoms with Crippen LogP contribution in [0.3, 0.4) is 0 Å². The van der Waals surface area contributed by atoms with E-state index < -0.39 is 23.8 Å². The van der Waals surface area contributed by atoms with Crippen molar-refractivity contribution in [3.8, 4) is 17.2 Å². The zero-order valence-corrected chi connectivity index (χ0v) is 24.0. The minimum atomic E-state index is -4.51. The fourth-order valence-electron chi connectivity index (χ4n) is 5.37. The highest BCUT2D eigenvalue weighted by Gasteiger charge is 2.49. The predicted octanol–water partition coefficient (Wildman–Crippen LogP) is 5.64. The third-order valence-electron chi connectivity index (χ3n) is 7.86. The highest BCUT2D eigenvalue weighted by Crippen LogP contribution is 2.52. The molecule has 2 N–H and O–H groups in total. The first-order valence-electron chi connectivity index (χ1n) is 14.0. The van der Waals surface area contributed by atoms with Gasteiger partial charge in [0.25, 0.3) is 11.5 Å². The predicted molar refractivity (Wildman–Crippen MR) is 155 cm³/mol. The SMILES string of the molecule is O=C(C(O)COc1cccc(Oc2cccc(C(F)(F)F)c2)c1)N1CCc2nc(C3(c4cccc(Cl)c4)CC3)[nH]c(=O)c2C1. The number of nitrogens with zero attached hydrogens (tertiary/aromatic N) is 2. The van der Waals surface area contributed by atoms with Gasteiger partial charge in [-0.3, -0.25) is 9.59 Å². The van der Waals surface area contributed by atoms with E-state index in [-0.39, 0.29) is 47.9 Å². The molecule has 0 saturated heterocycles. The smallest absolute Gasteiger partial charge is 0.416 e. The third kappa shape index (κ3) is 6.15. The average Bonchev–Trinajstić information content (AvgIpc) is 3.82. The molecule has 12 heteroatoms. The van der Waals surface area contributed by atoms with Crippen LogP contribution in [0.25, 0.3) is 0 Å². The van der Waals surface area contributed by atoms with Gasteiger partial charge >= 0.3 is 6.18 Å². The molecule has 8 nitrogen and oxygen atoms in total. The Kier molecular flexibility index (Phi) is 7.85. The van der Waals surface area contributed by atoms with E-state index in [1.807, 2.05) is 18.2 Å². The Morgan fingerprint density at radius 2 is 1.75 bits per heavy atom. The maximum Gasteiger partial charge on any atom is 0.416 e. The number of H-pyrrole nitrogens is 1. The number of halogens is 4. The number of aromatic nitrogens is 2. The van der Waals surface area contributed by atoms with Crippen LogP contribution in [-0.2, 0) is 29.4 Å². The normalized spacial score (nSPS) is 16.2. The molecule has 1 aromatic heterocycles. The molecule has 1 aliphatic heterocycles. The number of aliphatic hydroxyl groups excluding tert-OH is 1. The average molecular weight is 626 g/mol. The molecule has 0 spiro atoms.